The van der Waals surface area contributed by atoms with E-state index in [-0.39, 0.29) is 29.6 Å². The minimum atomic E-state index is -3.88. The lowest BCUT2D eigenvalue weighted by Gasteiger charge is -2.32. The monoisotopic (exact) mass is 448 g/mol. The first kappa shape index (κ1) is 21.2. The van der Waals surface area contributed by atoms with Crippen LogP contribution in [0.25, 0.3) is 11.2 Å². The Morgan fingerprint density at radius 1 is 1.23 bits per heavy atom. The van der Waals surface area contributed by atoms with Crippen LogP contribution in [0.2, 0.25) is 0 Å². The van der Waals surface area contributed by atoms with Gasteiger partial charge in [0, 0.05) is 30.9 Å². The summed E-state index contributed by atoms with van der Waals surface area (Å²) in [4.78, 5) is 28.3. The lowest BCUT2D eigenvalue weighted by Crippen LogP contribution is -2.41. The summed E-state index contributed by atoms with van der Waals surface area (Å²) in [6.07, 6.45) is 2.21. The summed E-state index contributed by atoms with van der Waals surface area (Å²) in [5.41, 5.74) is 0.372. The maximum absolute atomic E-state index is 13.9. The van der Waals surface area contributed by atoms with E-state index in [4.69, 9.17) is 5.11 Å². The number of carboxylic acid groups (broad SMARTS) is 1. The minimum absolute atomic E-state index is 0.0668. The molecule has 1 N–H and O–H groups in total. The Morgan fingerprint density at radius 3 is 2.61 bits per heavy atom. The number of aromatic nitrogens is 3. The molecule has 1 saturated heterocycles. The number of benzene rings is 1. The van der Waals surface area contributed by atoms with Gasteiger partial charge in [-0.2, -0.15) is 4.31 Å². The Hall–Kier alpha value is -3.05. The predicted octanol–water partition coefficient (Wildman–Crippen LogP) is 1.76. The van der Waals surface area contributed by atoms with E-state index in [0.717, 1.165) is 4.57 Å². The first-order chi connectivity index (χ1) is 14.7. The third-order valence-electron chi connectivity index (χ3n) is 5.64. The fourth-order valence-corrected chi connectivity index (χ4v) is 5.78. The van der Waals surface area contributed by atoms with Crippen molar-refractivity contribution < 1.29 is 22.7 Å². The van der Waals surface area contributed by atoms with Crippen LogP contribution in [-0.4, -0.2) is 51.0 Å². The second-order valence-electron chi connectivity index (χ2n) is 7.48. The molecule has 31 heavy (non-hydrogen) atoms. The van der Waals surface area contributed by atoms with Gasteiger partial charge in [0.25, 0.3) is 0 Å². The standard InChI is InChI=1S/C20H21FN4O5S/c1-13-15(21)4-2-6-17(13)31(29,30)23-10-7-14(8-11-23)25-19-16(5-3-9-22-19)24(20(25)28)12-18(26)27/h2-6,9,14H,7-8,10-12H2,1H3,(H,26,27). The van der Waals surface area contributed by atoms with Crippen molar-refractivity contribution in [3.63, 3.8) is 0 Å². The lowest BCUT2D eigenvalue weighted by molar-refractivity contribution is -0.137. The van der Waals surface area contributed by atoms with E-state index >= 15 is 0 Å². The Morgan fingerprint density at radius 2 is 1.94 bits per heavy atom. The highest BCUT2D eigenvalue weighted by molar-refractivity contribution is 7.89. The Labute approximate surface area is 177 Å². The molecule has 3 aromatic rings. The molecular weight excluding hydrogens is 427 g/mol. The van der Waals surface area contributed by atoms with E-state index in [0.29, 0.717) is 24.0 Å². The quantitative estimate of drug-likeness (QED) is 0.636. The number of piperidine rings is 1. The molecule has 3 heterocycles. The zero-order chi connectivity index (χ0) is 22.3. The number of aliphatic carboxylic acids is 1. The molecule has 0 radical (unpaired) electrons. The van der Waals surface area contributed by atoms with Crippen LogP contribution >= 0.6 is 0 Å². The van der Waals surface area contributed by atoms with Crippen LogP contribution in [0.1, 0.15) is 24.4 Å². The largest absolute Gasteiger partial charge is 0.480 e. The fourth-order valence-electron chi connectivity index (χ4n) is 4.07. The number of imidazole rings is 1. The highest BCUT2D eigenvalue weighted by Gasteiger charge is 2.33. The van der Waals surface area contributed by atoms with Gasteiger partial charge in [-0.05, 0) is 44.0 Å². The molecule has 0 spiro atoms. The van der Waals surface area contributed by atoms with Gasteiger partial charge < -0.3 is 5.11 Å². The summed E-state index contributed by atoms with van der Waals surface area (Å²) >= 11 is 0. The summed E-state index contributed by atoms with van der Waals surface area (Å²) in [7, 11) is -3.88. The zero-order valence-corrected chi connectivity index (χ0v) is 17.5. The van der Waals surface area contributed by atoms with Gasteiger partial charge in [0.05, 0.1) is 10.4 Å². The second-order valence-corrected chi connectivity index (χ2v) is 9.38. The third-order valence-corrected chi connectivity index (χ3v) is 7.68. The SMILES string of the molecule is Cc1c(F)cccc1S(=O)(=O)N1CCC(n2c(=O)n(CC(=O)O)c3cccnc32)CC1. The van der Waals surface area contributed by atoms with E-state index in [1.807, 2.05) is 0 Å². The molecule has 0 amide bonds. The fraction of sp³-hybridized carbons (Fsp3) is 0.350. The number of pyridine rings is 1. The molecular formula is C20H21FN4O5S. The predicted molar refractivity (Wildman–Crippen MR) is 110 cm³/mol. The maximum atomic E-state index is 13.9. The molecule has 0 aliphatic carbocycles. The summed E-state index contributed by atoms with van der Waals surface area (Å²) in [5.74, 6) is -1.73. The topological polar surface area (TPSA) is 114 Å². The number of rotatable bonds is 5. The number of sulfonamides is 1. The first-order valence-corrected chi connectivity index (χ1v) is 11.2. The summed E-state index contributed by atoms with van der Waals surface area (Å²) in [5, 5.41) is 9.16. The average Bonchev–Trinajstić information content (AvgIpc) is 3.01. The van der Waals surface area contributed by atoms with Crippen LogP contribution in [0.4, 0.5) is 4.39 Å². The van der Waals surface area contributed by atoms with Gasteiger partial charge in [-0.1, -0.05) is 6.07 Å². The number of carboxylic acids is 1. The van der Waals surface area contributed by atoms with Gasteiger partial charge in [-0.15, -0.1) is 0 Å². The van der Waals surface area contributed by atoms with Crippen molar-refractivity contribution in [1.82, 2.24) is 18.4 Å². The highest BCUT2D eigenvalue weighted by Crippen LogP contribution is 2.29. The van der Waals surface area contributed by atoms with Crippen LogP contribution in [0.3, 0.4) is 0 Å². The maximum Gasteiger partial charge on any atom is 0.331 e. The van der Waals surface area contributed by atoms with Crippen molar-refractivity contribution in [1.29, 1.82) is 0 Å². The third kappa shape index (κ3) is 3.63. The molecule has 1 aliphatic heterocycles. The zero-order valence-electron chi connectivity index (χ0n) is 16.7. The number of nitrogens with zero attached hydrogens (tertiary/aromatic N) is 4. The normalized spacial score (nSPS) is 16.1. The molecule has 0 bridgehead atoms. The van der Waals surface area contributed by atoms with Crippen molar-refractivity contribution in [2.75, 3.05) is 13.1 Å². The molecule has 1 aromatic carbocycles. The first-order valence-electron chi connectivity index (χ1n) is 9.74. The van der Waals surface area contributed by atoms with Crippen LogP contribution in [0.15, 0.2) is 46.2 Å². The van der Waals surface area contributed by atoms with E-state index in [9.17, 15) is 22.4 Å². The van der Waals surface area contributed by atoms with Gasteiger partial charge in [-0.3, -0.25) is 13.9 Å². The van der Waals surface area contributed by atoms with E-state index < -0.39 is 34.0 Å². The molecule has 0 atom stereocenters. The molecule has 164 valence electrons. The average molecular weight is 448 g/mol. The smallest absolute Gasteiger partial charge is 0.331 e. The number of halogens is 1. The molecule has 11 heteroatoms. The Bertz CT molecular complexity index is 1320. The van der Waals surface area contributed by atoms with Crippen molar-refractivity contribution in [2.24, 2.45) is 0 Å². The van der Waals surface area contributed by atoms with Crippen molar-refractivity contribution >= 4 is 27.2 Å². The second kappa shape index (κ2) is 7.89. The van der Waals surface area contributed by atoms with E-state index in [2.05, 4.69) is 4.98 Å². The van der Waals surface area contributed by atoms with Gasteiger partial charge in [0.2, 0.25) is 10.0 Å². The van der Waals surface area contributed by atoms with Gasteiger partial charge >= 0.3 is 11.7 Å². The van der Waals surface area contributed by atoms with Crippen LogP contribution in [0, 0.1) is 12.7 Å². The molecule has 4 rings (SSSR count). The molecule has 1 aliphatic rings. The van der Waals surface area contributed by atoms with Gasteiger partial charge in [0.15, 0.2) is 5.65 Å². The van der Waals surface area contributed by atoms with Gasteiger partial charge in [0.1, 0.15) is 12.4 Å². The van der Waals surface area contributed by atoms with E-state index in [1.54, 1.807) is 12.1 Å². The Kier molecular flexibility index (Phi) is 5.40. The number of fused-ring (bicyclic) bond motifs is 1. The lowest BCUT2D eigenvalue weighted by atomic mass is 10.1. The minimum Gasteiger partial charge on any atom is -0.480 e. The molecule has 0 unspecified atom stereocenters. The number of hydrogen-bond donors (Lipinski definition) is 1. The highest BCUT2D eigenvalue weighted by atomic mass is 32.2. The van der Waals surface area contributed by atoms with Crippen LogP contribution in [-0.2, 0) is 21.4 Å². The summed E-state index contributed by atoms with van der Waals surface area (Å²) in [6, 6.07) is 6.89. The summed E-state index contributed by atoms with van der Waals surface area (Å²) in [6.45, 7) is 1.24. The number of carbonyl (C=O) groups is 1. The van der Waals surface area contributed by atoms with Crippen LogP contribution < -0.4 is 5.69 Å². The number of hydrogen-bond acceptors (Lipinski definition) is 5. The molecule has 9 nitrogen and oxygen atoms in total. The molecule has 0 saturated carbocycles. The van der Waals surface area contributed by atoms with Crippen LogP contribution in [0.5, 0.6) is 0 Å². The van der Waals surface area contributed by atoms with Gasteiger partial charge in [-0.25, -0.2) is 22.6 Å². The van der Waals surface area contributed by atoms with Crippen molar-refractivity contribution in [3.8, 4) is 0 Å². The molecule has 1 fully saturated rings. The van der Waals surface area contributed by atoms with Crippen molar-refractivity contribution in [2.45, 2.75) is 37.2 Å². The summed E-state index contributed by atoms with van der Waals surface area (Å²) < 4.78 is 43.8. The molecule has 2 aromatic heterocycles. The van der Waals surface area contributed by atoms with E-state index in [1.165, 1.54) is 40.2 Å². The Balaban J connectivity index is 1.63. The van der Waals surface area contributed by atoms with Crippen molar-refractivity contribution in [3.05, 3.63) is 58.4 Å².